The number of likely N-dealkylation sites (N-methyl/N-ethyl adjacent to an activating group) is 1. The summed E-state index contributed by atoms with van der Waals surface area (Å²) in [6.45, 7) is 6.08. The SMILES string of the molecule is C[C@@H]1CC2=C(CN1C(=O)C1=C(c3ccccc3)CN(C)CC1)NC(NC1CCOCC1)N=C2. The molecule has 5 rings (SSSR count). The second-order valence-electron chi connectivity index (χ2n) is 9.68. The summed E-state index contributed by atoms with van der Waals surface area (Å²) in [6, 6.07) is 10.9. The first-order valence-electron chi connectivity index (χ1n) is 12.2. The number of hydrogen-bond donors (Lipinski definition) is 2. The molecule has 0 aliphatic carbocycles. The molecule has 7 heteroatoms. The molecular weight excluding hydrogens is 414 g/mol. The monoisotopic (exact) mass is 449 g/mol. The Kier molecular flexibility index (Phi) is 6.62. The second kappa shape index (κ2) is 9.79. The number of nitrogens with one attached hydrogen (secondary N) is 2. The number of amides is 1. The minimum Gasteiger partial charge on any atom is -0.381 e. The van der Waals surface area contributed by atoms with E-state index in [-0.39, 0.29) is 18.2 Å². The van der Waals surface area contributed by atoms with Crippen molar-refractivity contribution in [3.63, 3.8) is 0 Å². The molecule has 1 saturated heterocycles. The fourth-order valence-electron chi connectivity index (χ4n) is 5.27. The normalized spacial score (nSPS) is 26.9. The van der Waals surface area contributed by atoms with Gasteiger partial charge in [-0.3, -0.25) is 15.1 Å². The number of ether oxygens (including phenoxy) is 1. The van der Waals surface area contributed by atoms with Crippen LogP contribution in [0, 0.1) is 0 Å². The van der Waals surface area contributed by atoms with Gasteiger partial charge in [0.05, 0.1) is 6.54 Å². The van der Waals surface area contributed by atoms with Gasteiger partial charge in [0.1, 0.15) is 0 Å². The smallest absolute Gasteiger partial charge is 0.250 e. The first kappa shape index (κ1) is 22.3. The first-order chi connectivity index (χ1) is 16.1. The minimum atomic E-state index is -0.139. The van der Waals surface area contributed by atoms with Gasteiger partial charge in [-0.05, 0) is 56.4 Å². The molecule has 7 nitrogen and oxygen atoms in total. The molecule has 0 bridgehead atoms. The fraction of sp³-hybridized carbons (Fsp3) is 0.538. The summed E-state index contributed by atoms with van der Waals surface area (Å²) in [6.07, 6.45) is 5.50. The molecule has 0 radical (unpaired) electrons. The van der Waals surface area contributed by atoms with Crippen LogP contribution in [0.3, 0.4) is 0 Å². The predicted molar refractivity (Wildman–Crippen MR) is 131 cm³/mol. The highest BCUT2D eigenvalue weighted by molar-refractivity contribution is 6.02. The third-order valence-electron chi connectivity index (χ3n) is 7.25. The highest BCUT2D eigenvalue weighted by atomic mass is 16.5. The Labute approximate surface area is 196 Å². The van der Waals surface area contributed by atoms with Gasteiger partial charge in [0.25, 0.3) is 5.91 Å². The summed E-state index contributed by atoms with van der Waals surface area (Å²) in [5.41, 5.74) is 5.63. The van der Waals surface area contributed by atoms with Gasteiger partial charge < -0.3 is 19.9 Å². The summed E-state index contributed by atoms with van der Waals surface area (Å²) in [5.74, 6) is 0.180. The molecule has 1 unspecified atom stereocenters. The molecule has 1 aromatic carbocycles. The molecule has 33 heavy (non-hydrogen) atoms. The molecule has 0 spiro atoms. The van der Waals surface area contributed by atoms with Crippen LogP contribution in [0.5, 0.6) is 0 Å². The van der Waals surface area contributed by atoms with Crippen LogP contribution in [-0.2, 0) is 9.53 Å². The maximum absolute atomic E-state index is 13.9. The van der Waals surface area contributed by atoms with Crippen LogP contribution in [-0.4, -0.2) is 80.2 Å². The second-order valence-corrected chi connectivity index (χ2v) is 9.68. The van der Waals surface area contributed by atoms with Gasteiger partial charge in [0, 0.05) is 55.9 Å². The number of rotatable bonds is 4. The average Bonchev–Trinajstić information content (AvgIpc) is 2.84. The summed E-state index contributed by atoms with van der Waals surface area (Å²) in [4.78, 5) is 22.9. The zero-order chi connectivity index (χ0) is 22.8. The van der Waals surface area contributed by atoms with Gasteiger partial charge in [-0.1, -0.05) is 30.3 Å². The van der Waals surface area contributed by atoms with Crippen molar-refractivity contribution in [1.82, 2.24) is 20.4 Å². The molecular formula is C26H35N5O2. The lowest BCUT2D eigenvalue weighted by Crippen LogP contribution is -2.54. The van der Waals surface area contributed by atoms with Crippen LogP contribution < -0.4 is 10.6 Å². The van der Waals surface area contributed by atoms with E-state index in [1.807, 2.05) is 12.3 Å². The Morgan fingerprint density at radius 2 is 1.97 bits per heavy atom. The third kappa shape index (κ3) is 4.90. The maximum atomic E-state index is 13.9. The van der Waals surface area contributed by atoms with E-state index in [1.165, 1.54) is 11.1 Å². The quantitative estimate of drug-likeness (QED) is 0.739. The number of carbonyl (C=O) groups is 1. The molecule has 4 aliphatic rings. The predicted octanol–water partition coefficient (Wildman–Crippen LogP) is 2.38. The average molecular weight is 450 g/mol. The molecule has 2 N–H and O–H groups in total. The molecule has 176 valence electrons. The van der Waals surface area contributed by atoms with Crippen LogP contribution >= 0.6 is 0 Å². The maximum Gasteiger partial charge on any atom is 0.250 e. The van der Waals surface area contributed by atoms with Crippen molar-refractivity contribution >= 4 is 17.7 Å². The third-order valence-corrected chi connectivity index (χ3v) is 7.25. The van der Waals surface area contributed by atoms with E-state index >= 15 is 0 Å². The standard InChI is InChI=1S/C26H35N5O2/c1-18-14-20-15-27-26(28-21-9-12-33-13-10-21)29-24(20)17-31(18)25(32)22-8-11-30(2)16-23(22)19-6-4-3-5-7-19/h3-7,15,18,21,26,28-29H,8-14,16-17H2,1-2H3/t18-,26?/m1/s1. The van der Waals surface area contributed by atoms with E-state index in [2.05, 4.69) is 58.7 Å². The van der Waals surface area contributed by atoms with E-state index in [1.54, 1.807) is 0 Å². The Morgan fingerprint density at radius 3 is 2.76 bits per heavy atom. The van der Waals surface area contributed by atoms with Crippen LogP contribution in [0.2, 0.25) is 0 Å². The number of carbonyl (C=O) groups excluding carboxylic acids is 1. The summed E-state index contributed by atoms with van der Waals surface area (Å²) in [7, 11) is 2.13. The molecule has 4 aliphatic heterocycles. The van der Waals surface area contributed by atoms with Gasteiger partial charge in [0.2, 0.25) is 0 Å². The van der Waals surface area contributed by atoms with Crippen LogP contribution in [0.25, 0.3) is 5.57 Å². The van der Waals surface area contributed by atoms with Gasteiger partial charge in [-0.2, -0.15) is 0 Å². The van der Waals surface area contributed by atoms with Crippen LogP contribution in [0.15, 0.2) is 52.2 Å². The zero-order valence-electron chi connectivity index (χ0n) is 19.7. The lowest BCUT2D eigenvalue weighted by atomic mass is 9.91. The highest BCUT2D eigenvalue weighted by Gasteiger charge is 2.34. The number of nitrogens with zero attached hydrogens (tertiary/aromatic N) is 3. The Bertz CT molecular complexity index is 964. The van der Waals surface area contributed by atoms with E-state index in [0.29, 0.717) is 12.6 Å². The minimum absolute atomic E-state index is 0.139. The Morgan fingerprint density at radius 1 is 1.18 bits per heavy atom. The summed E-state index contributed by atoms with van der Waals surface area (Å²) < 4.78 is 5.47. The largest absolute Gasteiger partial charge is 0.381 e. The lowest BCUT2D eigenvalue weighted by molar-refractivity contribution is -0.129. The Hall–Kier alpha value is -2.48. The molecule has 4 heterocycles. The van der Waals surface area contributed by atoms with Crippen molar-refractivity contribution in [1.29, 1.82) is 0 Å². The van der Waals surface area contributed by atoms with Gasteiger partial charge in [-0.25, -0.2) is 0 Å². The van der Waals surface area contributed by atoms with Crippen molar-refractivity contribution in [2.75, 3.05) is 39.9 Å². The van der Waals surface area contributed by atoms with E-state index in [4.69, 9.17) is 9.73 Å². The molecule has 0 aromatic heterocycles. The van der Waals surface area contributed by atoms with Crippen molar-refractivity contribution in [2.24, 2.45) is 4.99 Å². The first-order valence-corrected chi connectivity index (χ1v) is 12.2. The Balaban J connectivity index is 1.34. The van der Waals surface area contributed by atoms with Crippen molar-refractivity contribution < 1.29 is 9.53 Å². The zero-order valence-corrected chi connectivity index (χ0v) is 19.7. The number of benzene rings is 1. The fourth-order valence-corrected chi connectivity index (χ4v) is 5.27. The van der Waals surface area contributed by atoms with Gasteiger partial charge in [-0.15, -0.1) is 0 Å². The van der Waals surface area contributed by atoms with Crippen molar-refractivity contribution in [3.05, 3.63) is 52.7 Å². The van der Waals surface area contributed by atoms with E-state index in [0.717, 1.165) is 68.8 Å². The topological polar surface area (TPSA) is 69.2 Å². The van der Waals surface area contributed by atoms with E-state index < -0.39 is 0 Å². The number of hydrogen-bond acceptors (Lipinski definition) is 6. The molecule has 1 amide bonds. The molecule has 2 atom stereocenters. The van der Waals surface area contributed by atoms with Gasteiger partial charge >= 0.3 is 0 Å². The molecule has 1 fully saturated rings. The van der Waals surface area contributed by atoms with Crippen LogP contribution in [0.1, 0.15) is 38.2 Å². The van der Waals surface area contributed by atoms with Crippen molar-refractivity contribution in [2.45, 2.75) is 51.0 Å². The van der Waals surface area contributed by atoms with E-state index in [9.17, 15) is 4.79 Å². The molecule has 1 aromatic rings. The summed E-state index contributed by atoms with van der Waals surface area (Å²) in [5, 5.41) is 7.17. The lowest BCUT2D eigenvalue weighted by Gasteiger charge is -2.40. The van der Waals surface area contributed by atoms with Gasteiger partial charge in [0.15, 0.2) is 6.29 Å². The van der Waals surface area contributed by atoms with Crippen LogP contribution in [0.4, 0.5) is 0 Å². The highest BCUT2D eigenvalue weighted by Crippen LogP contribution is 2.31. The molecule has 0 saturated carbocycles. The number of aliphatic imine (C=N–C) groups is 1. The summed E-state index contributed by atoms with van der Waals surface area (Å²) >= 11 is 0. The van der Waals surface area contributed by atoms with Crippen molar-refractivity contribution in [3.8, 4) is 0 Å².